The summed E-state index contributed by atoms with van der Waals surface area (Å²) in [7, 11) is 0. The predicted molar refractivity (Wildman–Crippen MR) is 118 cm³/mol. The molecule has 0 bridgehead atoms. The third kappa shape index (κ3) is 4.83. The molecule has 0 spiro atoms. The number of hydrogen-bond acceptors (Lipinski definition) is 3. The Bertz CT molecular complexity index is 895. The van der Waals surface area contributed by atoms with Crippen LogP contribution < -0.4 is 4.90 Å². The largest absolute Gasteiger partial charge is 0.303 e. The van der Waals surface area contributed by atoms with Crippen LogP contribution in [0.4, 0.5) is 5.82 Å². The van der Waals surface area contributed by atoms with Crippen LogP contribution in [-0.2, 0) is 11.2 Å². The number of hydrogen-bond donors (Lipinski definition) is 0. The molecule has 0 saturated carbocycles. The Hall–Kier alpha value is -2.72. The summed E-state index contributed by atoms with van der Waals surface area (Å²) in [5.74, 6) is 0.890. The van der Waals surface area contributed by atoms with Gasteiger partial charge in [-0.05, 0) is 50.3 Å². The molecule has 4 rings (SSSR count). The molecule has 0 N–H and O–H groups in total. The highest BCUT2D eigenvalue weighted by Gasteiger charge is 2.31. The van der Waals surface area contributed by atoms with Gasteiger partial charge in [0.25, 0.3) is 5.91 Å². The molecule has 2 aliphatic rings. The van der Waals surface area contributed by atoms with Gasteiger partial charge in [0, 0.05) is 36.9 Å². The molecular weight excluding hydrogens is 358 g/mol. The third-order valence-electron chi connectivity index (χ3n) is 5.87. The van der Waals surface area contributed by atoms with Crippen molar-refractivity contribution in [3.8, 4) is 0 Å². The SMILES string of the molecule is Cc1cccc(N(C(=O)C2=CC=CC2)C2CCN(CCc3ccccc3)CC2)n1. The van der Waals surface area contributed by atoms with Crippen molar-refractivity contribution in [3.05, 3.63) is 83.6 Å². The first-order chi connectivity index (χ1) is 14.2. The number of aryl methyl sites for hydroxylation is 1. The predicted octanol–water partition coefficient (Wildman–Crippen LogP) is 4.32. The Kier molecular flexibility index (Phi) is 6.20. The molecule has 29 heavy (non-hydrogen) atoms. The van der Waals surface area contributed by atoms with Gasteiger partial charge in [-0.25, -0.2) is 4.98 Å². The van der Waals surface area contributed by atoms with Gasteiger partial charge in [-0.3, -0.25) is 9.69 Å². The van der Waals surface area contributed by atoms with Gasteiger partial charge in [0.15, 0.2) is 0 Å². The summed E-state index contributed by atoms with van der Waals surface area (Å²) >= 11 is 0. The summed E-state index contributed by atoms with van der Waals surface area (Å²) in [6.07, 6.45) is 9.72. The molecule has 1 aromatic heterocycles. The molecular formula is C25H29N3O. The van der Waals surface area contributed by atoms with Gasteiger partial charge >= 0.3 is 0 Å². The lowest BCUT2D eigenvalue weighted by Gasteiger charge is -2.38. The topological polar surface area (TPSA) is 36.4 Å². The first-order valence-corrected chi connectivity index (χ1v) is 10.6. The van der Waals surface area contributed by atoms with E-state index in [9.17, 15) is 4.79 Å². The summed E-state index contributed by atoms with van der Waals surface area (Å²) in [5.41, 5.74) is 3.19. The lowest BCUT2D eigenvalue weighted by atomic mass is 10.0. The molecule has 1 aromatic carbocycles. The zero-order valence-corrected chi connectivity index (χ0v) is 17.1. The number of allylic oxidation sites excluding steroid dienone is 3. The number of benzene rings is 1. The Morgan fingerprint density at radius 1 is 1.10 bits per heavy atom. The fourth-order valence-electron chi connectivity index (χ4n) is 4.21. The number of rotatable bonds is 6. The molecule has 1 aliphatic heterocycles. The van der Waals surface area contributed by atoms with Crippen LogP contribution in [0.25, 0.3) is 0 Å². The molecule has 0 atom stereocenters. The van der Waals surface area contributed by atoms with Crippen LogP contribution in [0, 0.1) is 6.92 Å². The molecule has 4 nitrogen and oxygen atoms in total. The van der Waals surface area contributed by atoms with Gasteiger partial charge in [0.05, 0.1) is 0 Å². The lowest BCUT2D eigenvalue weighted by molar-refractivity contribution is -0.115. The standard InChI is InChI=1S/C25H29N3O/c1-20-8-7-13-24(26-20)28(25(29)22-11-5-6-12-22)23-15-18-27(19-16-23)17-14-21-9-3-2-4-10-21/h2-11,13,23H,12,14-19H2,1H3. The number of piperidine rings is 1. The number of carbonyl (C=O) groups excluding carboxylic acids is 1. The van der Waals surface area contributed by atoms with Gasteiger partial charge < -0.3 is 4.90 Å². The fraction of sp³-hybridized carbons (Fsp3) is 0.360. The first-order valence-electron chi connectivity index (χ1n) is 10.6. The minimum Gasteiger partial charge on any atom is -0.303 e. The first kappa shape index (κ1) is 19.6. The van der Waals surface area contributed by atoms with Gasteiger partial charge in [0.2, 0.25) is 0 Å². The monoisotopic (exact) mass is 387 g/mol. The van der Waals surface area contributed by atoms with Gasteiger partial charge in [-0.15, -0.1) is 0 Å². The Labute approximate surface area is 173 Å². The Balaban J connectivity index is 1.43. The van der Waals surface area contributed by atoms with Gasteiger partial charge in [-0.1, -0.05) is 54.6 Å². The summed E-state index contributed by atoms with van der Waals surface area (Å²) in [6, 6.07) is 16.8. The number of pyridine rings is 1. The van der Waals surface area contributed by atoms with E-state index in [0.717, 1.165) is 62.4 Å². The lowest BCUT2D eigenvalue weighted by Crippen LogP contribution is -2.48. The maximum atomic E-state index is 13.3. The highest BCUT2D eigenvalue weighted by Crippen LogP contribution is 2.26. The molecule has 2 heterocycles. The molecule has 1 amide bonds. The number of nitrogens with zero attached hydrogens (tertiary/aromatic N) is 3. The highest BCUT2D eigenvalue weighted by molar-refractivity contribution is 6.06. The van der Waals surface area contributed by atoms with E-state index in [0.29, 0.717) is 0 Å². The van der Waals surface area contributed by atoms with E-state index in [1.807, 2.05) is 48.3 Å². The zero-order valence-electron chi connectivity index (χ0n) is 17.1. The van der Waals surface area contributed by atoms with E-state index in [1.54, 1.807) is 0 Å². The quantitative estimate of drug-likeness (QED) is 0.741. The number of anilines is 1. The van der Waals surface area contributed by atoms with Crippen LogP contribution in [0.15, 0.2) is 72.3 Å². The molecule has 1 fully saturated rings. The van der Waals surface area contributed by atoms with Crippen molar-refractivity contribution < 1.29 is 4.79 Å². The maximum Gasteiger partial charge on any atom is 0.255 e. The van der Waals surface area contributed by atoms with E-state index in [-0.39, 0.29) is 11.9 Å². The third-order valence-corrected chi connectivity index (χ3v) is 5.87. The van der Waals surface area contributed by atoms with E-state index >= 15 is 0 Å². The molecule has 150 valence electrons. The number of likely N-dealkylation sites (tertiary alicyclic amines) is 1. The van der Waals surface area contributed by atoms with Crippen LogP contribution in [0.5, 0.6) is 0 Å². The van der Waals surface area contributed by atoms with Crippen LogP contribution >= 0.6 is 0 Å². The molecule has 4 heteroatoms. The van der Waals surface area contributed by atoms with E-state index in [4.69, 9.17) is 0 Å². The Morgan fingerprint density at radius 3 is 2.59 bits per heavy atom. The van der Waals surface area contributed by atoms with Crippen molar-refractivity contribution in [1.82, 2.24) is 9.88 Å². The maximum absolute atomic E-state index is 13.3. The van der Waals surface area contributed by atoms with Crippen molar-refractivity contribution in [2.75, 3.05) is 24.5 Å². The fourth-order valence-corrected chi connectivity index (χ4v) is 4.21. The van der Waals surface area contributed by atoms with Crippen LogP contribution in [-0.4, -0.2) is 41.5 Å². The normalized spacial score (nSPS) is 17.3. The molecule has 0 radical (unpaired) electrons. The van der Waals surface area contributed by atoms with Gasteiger partial charge in [0.1, 0.15) is 5.82 Å². The minimum absolute atomic E-state index is 0.107. The summed E-state index contributed by atoms with van der Waals surface area (Å²) in [5, 5.41) is 0. The van der Waals surface area contributed by atoms with Crippen molar-refractivity contribution in [2.24, 2.45) is 0 Å². The molecule has 1 aliphatic carbocycles. The zero-order chi connectivity index (χ0) is 20.1. The van der Waals surface area contributed by atoms with Crippen LogP contribution in [0.1, 0.15) is 30.5 Å². The summed E-state index contributed by atoms with van der Waals surface area (Å²) < 4.78 is 0. The molecule has 2 aromatic rings. The van der Waals surface area contributed by atoms with Crippen molar-refractivity contribution in [2.45, 2.75) is 38.6 Å². The molecule has 1 saturated heterocycles. The number of carbonyl (C=O) groups is 1. The van der Waals surface area contributed by atoms with E-state index < -0.39 is 0 Å². The summed E-state index contributed by atoms with van der Waals surface area (Å²) in [6.45, 7) is 5.09. The van der Waals surface area contributed by atoms with Crippen LogP contribution in [0.2, 0.25) is 0 Å². The van der Waals surface area contributed by atoms with Crippen molar-refractivity contribution >= 4 is 11.7 Å². The highest BCUT2D eigenvalue weighted by atomic mass is 16.2. The second kappa shape index (κ2) is 9.19. The van der Waals surface area contributed by atoms with Crippen molar-refractivity contribution in [3.63, 3.8) is 0 Å². The minimum atomic E-state index is 0.107. The van der Waals surface area contributed by atoms with E-state index in [1.165, 1.54) is 5.56 Å². The van der Waals surface area contributed by atoms with E-state index in [2.05, 4.69) is 40.2 Å². The average Bonchev–Trinajstić information content (AvgIpc) is 3.29. The second-order valence-electron chi connectivity index (χ2n) is 7.94. The number of aromatic nitrogens is 1. The Morgan fingerprint density at radius 2 is 1.90 bits per heavy atom. The smallest absolute Gasteiger partial charge is 0.255 e. The number of amides is 1. The second-order valence-corrected chi connectivity index (χ2v) is 7.94. The molecule has 0 unspecified atom stereocenters. The van der Waals surface area contributed by atoms with Gasteiger partial charge in [-0.2, -0.15) is 0 Å². The average molecular weight is 388 g/mol. The van der Waals surface area contributed by atoms with Crippen molar-refractivity contribution in [1.29, 1.82) is 0 Å². The van der Waals surface area contributed by atoms with Crippen LogP contribution in [0.3, 0.4) is 0 Å². The summed E-state index contributed by atoms with van der Waals surface area (Å²) in [4.78, 5) is 22.5.